The van der Waals surface area contributed by atoms with Gasteiger partial charge in [0.1, 0.15) is 11.2 Å². The standard InChI is InChI=1S/C21H22FN5O2S/c22-14-5-7-15(8-6-14)27-19-17(12-23-27)20(29)26-16(13-30-21(26)24-19)11-18(28)25-9-3-1-2-4-10-25/h5-8,12,16H,1-4,9-11,13H2. The van der Waals surface area contributed by atoms with Crippen LogP contribution >= 0.6 is 11.8 Å². The number of benzene rings is 1. The lowest BCUT2D eigenvalue weighted by atomic mass is 10.2. The third-order valence-electron chi connectivity index (χ3n) is 5.81. The van der Waals surface area contributed by atoms with Crippen molar-refractivity contribution in [2.45, 2.75) is 43.3 Å². The van der Waals surface area contributed by atoms with E-state index in [1.54, 1.807) is 21.4 Å². The molecule has 0 N–H and O–H groups in total. The van der Waals surface area contributed by atoms with E-state index in [-0.39, 0.29) is 23.3 Å². The van der Waals surface area contributed by atoms with Gasteiger partial charge in [-0.15, -0.1) is 0 Å². The summed E-state index contributed by atoms with van der Waals surface area (Å²) in [6, 6.07) is 5.71. The minimum Gasteiger partial charge on any atom is -0.343 e. The van der Waals surface area contributed by atoms with E-state index in [1.165, 1.54) is 42.9 Å². The first-order valence-corrected chi connectivity index (χ1v) is 11.3. The van der Waals surface area contributed by atoms with E-state index in [0.29, 0.717) is 34.1 Å². The van der Waals surface area contributed by atoms with Crippen LogP contribution in [0.2, 0.25) is 0 Å². The molecule has 0 spiro atoms. The van der Waals surface area contributed by atoms with Gasteiger partial charge in [-0.1, -0.05) is 24.6 Å². The van der Waals surface area contributed by atoms with Crippen molar-refractivity contribution in [2.24, 2.45) is 0 Å². The Labute approximate surface area is 176 Å². The summed E-state index contributed by atoms with van der Waals surface area (Å²) < 4.78 is 16.5. The highest BCUT2D eigenvalue weighted by Gasteiger charge is 2.31. The molecule has 9 heteroatoms. The lowest BCUT2D eigenvalue weighted by molar-refractivity contribution is -0.131. The monoisotopic (exact) mass is 427 g/mol. The number of hydrogen-bond acceptors (Lipinski definition) is 5. The third kappa shape index (κ3) is 3.40. The van der Waals surface area contributed by atoms with Crippen molar-refractivity contribution in [3.63, 3.8) is 0 Å². The van der Waals surface area contributed by atoms with Crippen LogP contribution < -0.4 is 5.56 Å². The zero-order valence-electron chi connectivity index (χ0n) is 16.5. The molecular weight excluding hydrogens is 405 g/mol. The van der Waals surface area contributed by atoms with Crippen molar-refractivity contribution in [3.8, 4) is 5.69 Å². The fourth-order valence-corrected chi connectivity index (χ4v) is 5.33. The molecule has 0 saturated carbocycles. The summed E-state index contributed by atoms with van der Waals surface area (Å²) in [5.41, 5.74) is 0.908. The van der Waals surface area contributed by atoms with E-state index in [1.807, 2.05) is 4.90 Å². The maximum atomic E-state index is 13.3. The number of carbonyl (C=O) groups is 1. The Bertz CT molecular complexity index is 1150. The summed E-state index contributed by atoms with van der Waals surface area (Å²) in [5.74, 6) is 0.430. The number of carbonyl (C=O) groups excluding carboxylic acids is 1. The first kappa shape index (κ1) is 19.3. The van der Waals surface area contributed by atoms with Gasteiger partial charge in [0.05, 0.1) is 17.9 Å². The number of aromatic nitrogens is 4. The second-order valence-corrected chi connectivity index (χ2v) is 8.79. The molecule has 2 aliphatic rings. The molecule has 7 nitrogen and oxygen atoms in total. The molecule has 1 unspecified atom stereocenters. The zero-order chi connectivity index (χ0) is 20.7. The second kappa shape index (κ2) is 7.86. The van der Waals surface area contributed by atoms with Crippen molar-refractivity contribution in [1.82, 2.24) is 24.2 Å². The van der Waals surface area contributed by atoms with Crippen LogP contribution in [0, 0.1) is 5.82 Å². The first-order chi connectivity index (χ1) is 14.6. The number of hydrogen-bond donors (Lipinski definition) is 0. The zero-order valence-corrected chi connectivity index (χ0v) is 17.3. The highest BCUT2D eigenvalue weighted by atomic mass is 32.2. The third-order valence-corrected chi connectivity index (χ3v) is 6.91. The Kier molecular flexibility index (Phi) is 5.06. The quantitative estimate of drug-likeness (QED) is 0.601. The van der Waals surface area contributed by atoms with Crippen LogP contribution in [0.5, 0.6) is 0 Å². The predicted molar refractivity (Wildman–Crippen MR) is 113 cm³/mol. The van der Waals surface area contributed by atoms with Gasteiger partial charge >= 0.3 is 0 Å². The predicted octanol–water partition coefficient (Wildman–Crippen LogP) is 3.16. The molecule has 0 bridgehead atoms. The molecule has 0 radical (unpaired) electrons. The summed E-state index contributed by atoms with van der Waals surface area (Å²) >= 11 is 1.49. The van der Waals surface area contributed by atoms with Crippen LogP contribution in [-0.2, 0) is 4.79 Å². The van der Waals surface area contributed by atoms with Crippen LogP contribution in [0.15, 0.2) is 40.4 Å². The lowest BCUT2D eigenvalue weighted by Crippen LogP contribution is -2.35. The number of likely N-dealkylation sites (tertiary alicyclic amines) is 1. The molecule has 1 amide bonds. The SMILES string of the molecule is O=C(CC1CSc2nc3c(cnn3-c3ccc(F)cc3)c(=O)n21)N1CCCCCC1. The van der Waals surface area contributed by atoms with Crippen molar-refractivity contribution >= 4 is 28.7 Å². The van der Waals surface area contributed by atoms with Crippen molar-refractivity contribution < 1.29 is 9.18 Å². The Balaban J connectivity index is 1.46. The van der Waals surface area contributed by atoms with Crippen LogP contribution in [0.3, 0.4) is 0 Å². The Hall–Kier alpha value is -2.68. The number of amides is 1. The van der Waals surface area contributed by atoms with Gasteiger partial charge in [0.25, 0.3) is 5.56 Å². The fourth-order valence-electron chi connectivity index (χ4n) is 4.20. The molecule has 1 saturated heterocycles. The minimum absolute atomic E-state index is 0.115. The highest BCUT2D eigenvalue weighted by Crippen LogP contribution is 2.34. The maximum absolute atomic E-state index is 13.3. The van der Waals surface area contributed by atoms with Crippen LogP contribution in [-0.4, -0.2) is 49.0 Å². The summed E-state index contributed by atoms with van der Waals surface area (Å²) in [6.07, 6.45) is 6.26. The number of fused-ring (bicyclic) bond motifs is 2. The van der Waals surface area contributed by atoms with E-state index >= 15 is 0 Å². The van der Waals surface area contributed by atoms with Gasteiger partial charge in [0, 0.05) is 25.3 Å². The molecule has 1 fully saturated rings. The summed E-state index contributed by atoms with van der Waals surface area (Å²) in [7, 11) is 0. The van der Waals surface area contributed by atoms with Gasteiger partial charge in [-0.05, 0) is 37.1 Å². The molecule has 0 aliphatic carbocycles. The highest BCUT2D eigenvalue weighted by molar-refractivity contribution is 7.99. The van der Waals surface area contributed by atoms with Crippen molar-refractivity contribution in [1.29, 1.82) is 0 Å². The largest absolute Gasteiger partial charge is 0.343 e. The molecule has 2 aliphatic heterocycles. The molecule has 3 aromatic rings. The Morgan fingerprint density at radius 1 is 1.13 bits per heavy atom. The van der Waals surface area contributed by atoms with Gasteiger partial charge in [0.2, 0.25) is 5.91 Å². The average Bonchev–Trinajstić information content (AvgIpc) is 3.23. The molecule has 156 valence electrons. The number of nitrogens with zero attached hydrogens (tertiary/aromatic N) is 5. The van der Waals surface area contributed by atoms with Gasteiger partial charge in [0.15, 0.2) is 10.8 Å². The average molecular weight is 428 g/mol. The normalized spacial score (nSPS) is 19.1. The van der Waals surface area contributed by atoms with Crippen LogP contribution in [0.25, 0.3) is 16.7 Å². The van der Waals surface area contributed by atoms with Crippen LogP contribution in [0.4, 0.5) is 4.39 Å². The van der Waals surface area contributed by atoms with E-state index in [4.69, 9.17) is 0 Å². The van der Waals surface area contributed by atoms with Gasteiger partial charge in [-0.3, -0.25) is 14.2 Å². The Morgan fingerprint density at radius 2 is 1.87 bits per heavy atom. The molecule has 1 aromatic carbocycles. The summed E-state index contributed by atoms with van der Waals surface area (Å²) in [4.78, 5) is 32.7. The van der Waals surface area contributed by atoms with Crippen molar-refractivity contribution in [3.05, 3.63) is 46.6 Å². The van der Waals surface area contributed by atoms with E-state index in [9.17, 15) is 14.0 Å². The van der Waals surface area contributed by atoms with Crippen LogP contribution in [0.1, 0.15) is 38.1 Å². The minimum atomic E-state index is -0.336. The van der Waals surface area contributed by atoms with Crippen molar-refractivity contribution in [2.75, 3.05) is 18.8 Å². The Morgan fingerprint density at radius 3 is 2.60 bits per heavy atom. The van der Waals surface area contributed by atoms with Gasteiger partial charge in [-0.2, -0.15) is 5.10 Å². The first-order valence-electron chi connectivity index (χ1n) is 10.3. The molecule has 1 atom stereocenters. The van der Waals surface area contributed by atoms with E-state index in [2.05, 4.69) is 10.1 Å². The van der Waals surface area contributed by atoms with E-state index in [0.717, 1.165) is 25.9 Å². The lowest BCUT2D eigenvalue weighted by Gasteiger charge is -2.22. The second-order valence-electron chi connectivity index (χ2n) is 7.80. The number of rotatable bonds is 3. The smallest absolute Gasteiger partial charge is 0.265 e. The summed E-state index contributed by atoms with van der Waals surface area (Å²) in [5, 5.41) is 5.30. The fraction of sp³-hybridized carbons (Fsp3) is 0.429. The van der Waals surface area contributed by atoms with Gasteiger partial charge < -0.3 is 4.90 Å². The number of thioether (sulfide) groups is 1. The maximum Gasteiger partial charge on any atom is 0.265 e. The topological polar surface area (TPSA) is 73.0 Å². The molecule has 5 rings (SSSR count). The van der Waals surface area contributed by atoms with Gasteiger partial charge in [-0.25, -0.2) is 14.1 Å². The molecule has 30 heavy (non-hydrogen) atoms. The number of halogens is 1. The van der Waals surface area contributed by atoms with E-state index < -0.39 is 0 Å². The molecule has 4 heterocycles. The molecule has 2 aromatic heterocycles. The summed E-state index contributed by atoms with van der Waals surface area (Å²) in [6.45, 7) is 1.62. The molecular formula is C21H22FN5O2S.